The lowest BCUT2D eigenvalue weighted by molar-refractivity contribution is 0.484. The third-order valence-electron chi connectivity index (χ3n) is 1.25. The van der Waals surface area contributed by atoms with E-state index in [-0.39, 0.29) is 24.8 Å². The van der Waals surface area contributed by atoms with Crippen molar-refractivity contribution >= 4 is 24.8 Å². The van der Waals surface area contributed by atoms with E-state index in [0.29, 0.717) is 0 Å². The molecule has 0 aliphatic carbocycles. The van der Waals surface area contributed by atoms with E-state index in [2.05, 4.69) is 19.3 Å². The minimum Gasteiger partial charge on any atom is -0.271 e. The van der Waals surface area contributed by atoms with Gasteiger partial charge in [0.25, 0.3) is 0 Å². The fourth-order valence-electron chi connectivity index (χ4n) is 0.796. The molecule has 0 spiro atoms. The van der Waals surface area contributed by atoms with E-state index in [4.69, 9.17) is 5.84 Å². The van der Waals surface area contributed by atoms with Crippen LogP contribution in [0.2, 0.25) is 0 Å². The normalized spacial score (nSPS) is 11.1. The summed E-state index contributed by atoms with van der Waals surface area (Å²) in [4.78, 5) is 0. The average Bonchev–Trinajstić information content (AvgIpc) is 1.68. The van der Waals surface area contributed by atoms with Crippen LogP contribution >= 0.6 is 24.8 Å². The van der Waals surface area contributed by atoms with Gasteiger partial charge in [-0.25, -0.2) is 0 Å². The molecule has 0 heterocycles. The summed E-state index contributed by atoms with van der Waals surface area (Å²) in [6.45, 7) is 5.32. The van der Waals surface area contributed by atoms with E-state index < -0.39 is 0 Å². The number of hydrogen-bond acceptors (Lipinski definition) is 2. The molecule has 66 valence electrons. The Labute approximate surface area is 75.7 Å². The number of nitrogens with one attached hydrogen (secondary N) is 1. The van der Waals surface area contributed by atoms with Gasteiger partial charge in [-0.2, -0.15) is 0 Å². The Morgan fingerprint density at radius 2 is 1.90 bits per heavy atom. The summed E-state index contributed by atoms with van der Waals surface area (Å²) in [7, 11) is 0. The molecule has 10 heavy (non-hydrogen) atoms. The quantitative estimate of drug-likeness (QED) is 0.522. The lowest BCUT2D eigenvalue weighted by atomic mass is 10.1. The van der Waals surface area contributed by atoms with Gasteiger partial charge in [-0.3, -0.25) is 11.3 Å². The maximum Gasteiger partial charge on any atom is 0.0123 e. The van der Waals surface area contributed by atoms with Gasteiger partial charge in [0.1, 0.15) is 0 Å². The van der Waals surface area contributed by atoms with Gasteiger partial charge in [0, 0.05) is 6.54 Å². The van der Waals surface area contributed by atoms with E-state index in [1.54, 1.807) is 0 Å². The molecule has 0 aromatic rings. The molecule has 0 amide bonds. The van der Waals surface area contributed by atoms with Crippen molar-refractivity contribution in [3.63, 3.8) is 0 Å². The third-order valence-corrected chi connectivity index (χ3v) is 1.25. The highest BCUT2D eigenvalue weighted by molar-refractivity contribution is 5.85. The SMILES string of the molecule is CCCC(C)CNN.Cl.Cl. The maximum absolute atomic E-state index is 5.11. The van der Waals surface area contributed by atoms with Crippen molar-refractivity contribution in [2.45, 2.75) is 26.7 Å². The highest BCUT2D eigenvalue weighted by atomic mass is 35.5. The summed E-state index contributed by atoms with van der Waals surface area (Å²) in [6.07, 6.45) is 2.52. The Bertz CT molecular complexity index is 47.0. The van der Waals surface area contributed by atoms with Crippen molar-refractivity contribution in [3.05, 3.63) is 0 Å². The molecule has 0 aromatic carbocycles. The predicted molar refractivity (Wildman–Crippen MR) is 50.8 cm³/mol. The van der Waals surface area contributed by atoms with Crippen LogP contribution in [0.5, 0.6) is 0 Å². The van der Waals surface area contributed by atoms with Crippen LogP contribution < -0.4 is 11.3 Å². The molecular formula is C6H18Cl2N2. The molecule has 0 aromatic heterocycles. The topological polar surface area (TPSA) is 38.0 Å². The van der Waals surface area contributed by atoms with E-state index in [1.807, 2.05) is 0 Å². The van der Waals surface area contributed by atoms with Gasteiger partial charge in [0.2, 0.25) is 0 Å². The first kappa shape index (κ1) is 16.8. The van der Waals surface area contributed by atoms with Crippen molar-refractivity contribution in [2.75, 3.05) is 6.54 Å². The van der Waals surface area contributed by atoms with Gasteiger partial charge in [-0.05, 0) is 12.3 Å². The zero-order valence-electron chi connectivity index (χ0n) is 6.59. The molecule has 0 saturated carbocycles. The van der Waals surface area contributed by atoms with Crippen LogP contribution in [0, 0.1) is 5.92 Å². The third kappa shape index (κ3) is 11.3. The van der Waals surface area contributed by atoms with Crippen LogP contribution in [-0.2, 0) is 0 Å². The number of hydrazine groups is 1. The number of hydrogen-bond donors (Lipinski definition) is 2. The molecule has 1 atom stereocenters. The largest absolute Gasteiger partial charge is 0.271 e. The number of halogens is 2. The first-order chi connectivity index (χ1) is 3.81. The van der Waals surface area contributed by atoms with Crippen molar-refractivity contribution in [3.8, 4) is 0 Å². The van der Waals surface area contributed by atoms with Crippen molar-refractivity contribution in [2.24, 2.45) is 11.8 Å². The van der Waals surface area contributed by atoms with Crippen molar-refractivity contribution in [1.82, 2.24) is 5.43 Å². The minimum absolute atomic E-state index is 0. The van der Waals surface area contributed by atoms with Crippen molar-refractivity contribution < 1.29 is 0 Å². The number of rotatable bonds is 4. The predicted octanol–water partition coefficient (Wildman–Crippen LogP) is 1.73. The Morgan fingerprint density at radius 1 is 1.40 bits per heavy atom. The summed E-state index contributed by atoms with van der Waals surface area (Å²) in [5.41, 5.74) is 2.65. The van der Waals surface area contributed by atoms with Crippen LogP contribution in [0.15, 0.2) is 0 Å². The van der Waals surface area contributed by atoms with Crippen LogP contribution in [0.3, 0.4) is 0 Å². The monoisotopic (exact) mass is 188 g/mol. The van der Waals surface area contributed by atoms with Gasteiger partial charge in [-0.1, -0.05) is 20.3 Å². The number of nitrogens with two attached hydrogens (primary N) is 1. The molecular weight excluding hydrogens is 171 g/mol. The molecule has 3 N–H and O–H groups in total. The van der Waals surface area contributed by atoms with Gasteiger partial charge >= 0.3 is 0 Å². The molecule has 0 aliphatic rings. The summed E-state index contributed by atoms with van der Waals surface area (Å²) >= 11 is 0. The molecule has 0 aliphatic heterocycles. The molecule has 1 unspecified atom stereocenters. The standard InChI is InChI=1S/C6H16N2.2ClH/c1-3-4-6(2)5-8-7;;/h6,8H,3-5,7H2,1-2H3;2*1H. The molecule has 4 heteroatoms. The second kappa shape index (κ2) is 12.2. The Kier molecular flexibility index (Phi) is 20.6. The summed E-state index contributed by atoms with van der Waals surface area (Å²) in [5.74, 6) is 5.84. The van der Waals surface area contributed by atoms with Gasteiger partial charge in [0.05, 0.1) is 0 Å². The van der Waals surface area contributed by atoms with E-state index in [1.165, 1.54) is 12.8 Å². The highest BCUT2D eigenvalue weighted by Crippen LogP contribution is 2.01. The van der Waals surface area contributed by atoms with Crippen molar-refractivity contribution in [1.29, 1.82) is 0 Å². The lowest BCUT2D eigenvalue weighted by Gasteiger charge is -2.06. The van der Waals surface area contributed by atoms with Crippen LogP contribution in [-0.4, -0.2) is 6.54 Å². The molecule has 0 radical (unpaired) electrons. The maximum atomic E-state index is 5.11. The Balaban J connectivity index is -0.000000245. The fraction of sp³-hybridized carbons (Fsp3) is 1.00. The Morgan fingerprint density at radius 3 is 2.20 bits per heavy atom. The zero-order valence-corrected chi connectivity index (χ0v) is 8.23. The first-order valence-electron chi connectivity index (χ1n) is 3.24. The van der Waals surface area contributed by atoms with Gasteiger partial charge in [-0.15, -0.1) is 24.8 Å². The van der Waals surface area contributed by atoms with Crippen LogP contribution in [0.25, 0.3) is 0 Å². The first-order valence-corrected chi connectivity index (χ1v) is 3.24. The smallest absolute Gasteiger partial charge is 0.0123 e. The molecule has 0 saturated heterocycles. The Hall–Kier alpha value is 0.500. The lowest BCUT2D eigenvalue weighted by Crippen LogP contribution is -2.27. The minimum atomic E-state index is 0. The van der Waals surface area contributed by atoms with Crippen LogP contribution in [0.4, 0.5) is 0 Å². The fourth-order valence-corrected chi connectivity index (χ4v) is 0.796. The average molecular weight is 189 g/mol. The van der Waals surface area contributed by atoms with Crippen LogP contribution in [0.1, 0.15) is 26.7 Å². The molecule has 0 fully saturated rings. The van der Waals surface area contributed by atoms with Gasteiger partial charge in [0.15, 0.2) is 0 Å². The molecule has 0 bridgehead atoms. The summed E-state index contributed by atoms with van der Waals surface area (Å²) < 4.78 is 0. The molecule has 2 nitrogen and oxygen atoms in total. The second-order valence-corrected chi connectivity index (χ2v) is 2.30. The molecule has 0 rings (SSSR count). The zero-order chi connectivity index (χ0) is 6.41. The summed E-state index contributed by atoms with van der Waals surface area (Å²) in [5, 5.41) is 0. The van der Waals surface area contributed by atoms with E-state index >= 15 is 0 Å². The summed E-state index contributed by atoms with van der Waals surface area (Å²) in [6, 6.07) is 0. The highest BCUT2D eigenvalue weighted by Gasteiger charge is 1.95. The van der Waals surface area contributed by atoms with E-state index in [9.17, 15) is 0 Å². The van der Waals surface area contributed by atoms with Gasteiger partial charge < -0.3 is 0 Å². The second-order valence-electron chi connectivity index (χ2n) is 2.30. The van der Waals surface area contributed by atoms with E-state index in [0.717, 1.165) is 12.5 Å².